The normalized spacial score (nSPS) is 11.7. The van der Waals surface area contributed by atoms with Crippen molar-refractivity contribution < 1.29 is 23.5 Å². The van der Waals surface area contributed by atoms with E-state index in [-0.39, 0.29) is 24.1 Å². The second-order valence-electron chi connectivity index (χ2n) is 6.48. The van der Waals surface area contributed by atoms with E-state index in [9.17, 15) is 9.59 Å². The monoisotopic (exact) mass is 394 g/mol. The van der Waals surface area contributed by atoms with Crippen LogP contribution in [0.4, 0.5) is 0 Å². The molecule has 0 bridgehead atoms. The van der Waals surface area contributed by atoms with Crippen molar-refractivity contribution in [1.29, 1.82) is 0 Å². The Morgan fingerprint density at radius 2 is 1.76 bits per heavy atom. The van der Waals surface area contributed by atoms with Crippen molar-refractivity contribution in [3.63, 3.8) is 0 Å². The molecule has 0 spiro atoms. The number of carbonyl (C=O) groups is 2. The molecule has 0 aliphatic rings. The molecule has 0 fully saturated rings. The minimum atomic E-state index is -0.632. The van der Waals surface area contributed by atoms with Crippen LogP contribution in [0.3, 0.4) is 0 Å². The molecule has 0 N–H and O–H groups in total. The highest BCUT2D eigenvalue weighted by atomic mass is 16.6. The largest absolute Gasteiger partial charge is 0.494 e. The molecule has 1 atom stereocenters. The van der Waals surface area contributed by atoms with Crippen LogP contribution in [-0.2, 0) is 9.53 Å². The molecule has 0 saturated carbocycles. The van der Waals surface area contributed by atoms with E-state index in [0.29, 0.717) is 30.2 Å². The maximum atomic E-state index is 12.0. The number of Topliss-reactive ketones (excluding diaryl/α,β-unsaturated/α-hetero) is 1. The highest BCUT2D eigenvalue weighted by molar-refractivity contribution is 5.94. The molecule has 0 amide bonds. The molecule has 2 aromatic carbocycles. The lowest BCUT2D eigenvalue weighted by Crippen LogP contribution is -2.10. The summed E-state index contributed by atoms with van der Waals surface area (Å²) in [5, 5.41) is 7.95. The van der Waals surface area contributed by atoms with Crippen LogP contribution in [-0.4, -0.2) is 28.6 Å². The minimum Gasteiger partial charge on any atom is -0.494 e. The third-order valence-corrected chi connectivity index (χ3v) is 4.17. The fourth-order valence-electron chi connectivity index (χ4n) is 2.60. The van der Waals surface area contributed by atoms with Gasteiger partial charge < -0.3 is 13.9 Å². The summed E-state index contributed by atoms with van der Waals surface area (Å²) in [5.41, 5.74) is 1.43. The number of hydrogen-bond donors (Lipinski definition) is 0. The summed E-state index contributed by atoms with van der Waals surface area (Å²) >= 11 is 0. The molecule has 29 heavy (non-hydrogen) atoms. The molecule has 0 aliphatic carbocycles. The molecule has 0 radical (unpaired) electrons. The SMILES string of the molecule is CC(=O)c1ccc(OCCCC(=O)O[C@@H](C)c2nnc(-c3ccccc3)o2)cc1. The molecule has 7 heteroatoms. The van der Waals surface area contributed by atoms with Crippen molar-refractivity contribution in [3.8, 4) is 17.2 Å². The Kier molecular flexibility index (Phi) is 6.73. The van der Waals surface area contributed by atoms with Gasteiger partial charge in [-0.15, -0.1) is 10.2 Å². The van der Waals surface area contributed by atoms with E-state index in [0.717, 1.165) is 5.56 Å². The van der Waals surface area contributed by atoms with Gasteiger partial charge in [0, 0.05) is 17.5 Å². The number of rotatable bonds is 9. The predicted molar refractivity (Wildman–Crippen MR) is 105 cm³/mol. The Hall–Kier alpha value is -3.48. The predicted octanol–water partition coefficient (Wildman–Crippen LogP) is 4.40. The highest BCUT2D eigenvalue weighted by Gasteiger charge is 2.18. The fraction of sp³-hybridized carbons (Fsp3) is 0.273. The van der Waals surface area contributed by atoms with Gasteiger partial charge in [-0.1, -0.05) is 18.2 Å². The highest BCUT2D eigenvalue weighted by Crippen LogP contribution is 2.22. The Morgan fingerprint density at radius 3 is 2.45 bits per heavy atom. The summed E-state index contributed by atoms with van der Waals surface area (Å²) < 4.78 is 16.5. The summed E-state index contributed by atoms with van der Waals surface area (Å²) in [6.07, 6.45) is 0.0711. The summed E-state index contributed by atoms with van der Waals surface area (Å²) in [6, 6.07) is 16.3. The lowest BCUT2D eigenvalue weighted by molar-refractivity contribution is -0.149. The summed E-state index contributed by atoms with van der Waals surface area (Å²) in [5.74, 6) is 0.917. The van der Waals surface area contributed by atoms with Gasteiger partial charge in [-0.3, -0.25) is 9.59 Å². The number of hydrogen-bond acceptors (Lipinski definition) is 7. The van der Waals surface area contributed by atoms with Gasteiger partial charge in [-0.2, -0.15) is 0 Å². The first-order valence-corrected chi connectivity index (χ1v) is 9.35. The van der Waals surface area contributed by atoms with Crippen LogP contribution in [0.1, 0.15) is 49.0 Å². The standard InChI is InChI=1S/C22H22N2O5/c1-15(25)17-10-12-19(13-11-17)27-14-6-9-20(26)28-16(2)21-23-24-22(29-21)18-7-4-3-5-8-18/h3-5,7-8,10-13,16H,6,9,14H2,1-2H3/t16-/m0/s1. The Balaban J connectivity index is 1.41. The van der Waals surface area contributed by atoms with Crippen molar-refractivity contribution in [2.24, 2.45) is 0 Å². The fourth-order valence-corrected chi connectivity index (χ4v) is 2.60. The Bertz CT molecular complexity index is 951. The molecule has 150 valence electrons. The molecule has 0 unspecified atom stereocenters. The molecule has 0 saturated heterocycles. The molecule has 0 aliphatic heterocycles. The summed E-state index contributed by atoms with van der Waals surface area (Å²) in [4.78, 5) is 23.3. The summed E-state index contributed by atoms with van der Waals surface area (Å²) in [7, 11) is 0. The van der Waals surface area contributed by atoms with Crippen LogP contribution in [0.15, 0.2) is 59.0 Å². The number of nitrogens with zero attached hydrogens (tertiary/aromatic N) is 2. The zero-order chi connectivity index (χ0) is 20.6. The zero-order valence-corrected chi connectivity index (χ0v) is 16.3. The van der Waals surface area contributed by atoms with E-state index >= 15 is 0 Å². The Morgan fingerprint density at radius 1 is 1.03 bits per heavy atom. The second kappa shape index (κ2) is 9.64. The molecule has 3 rings (SSSR count). The van der Waals surface area contributed by atoms with Gasteiger partial charge in [-0.05, 0) is 56.7 Å². The molecular formula is C22H22N2O5. The van der Waals surface area contributed by atoms with Crippen LogP contribution >= 0.6 is 0 Å². The number of esters is 1. The van der Waals surface area contributed by atoms with Crippen molar-refractivity contribution in [2.45, 2.75) is 32.8 Å². The van der Waals surface area contributed by atoms with Crippen molar-refractivity contribution >= 4 is 11.8 Å². The Labute approximate surface area is 168 Å². The minimum absolute atomic E-state index is 0.00514. The number of ketones is 1. The number of ether oxygens (including phenoxy) is 2. The quantitative estimate of drug-likeness (QED) is 0.302. The van der Waals surface area contributed by atoms with Crippen molar-refractivity contribution in [3.05, 3.63) is 66.1 Å². The van der Waals surface area contributed by atoms with Crippen molar-refractivity contribution in [1.82, 2.24) is 10.2 Å². The number of benzene rings is 2. The van der Waals surface area contributed by atoms with Gasteiger partial charge in [0.2, 0.25) is 5.89 Å². The van der Waals surface area contributed by atoms with Crippen LogP contribution in [0.25, 0.3) is 11.5 Å². The van der Waals surface area contributed by atoms with E-state index in [1.54, 1.807) is 31.2 Å². The molecule has 7 nitrogen and oxygen atoms in total. The first-order valence-electron chi connectivity index (χ1n) is 9.35. The third-order valence-electron chi connectivity index (χ3n) is 4.17. The molecule has 1 aromatic heterocycles. The maximum Gasteiger partial charge on any atom is 0.306 e. The van der Waals surface area contributed by atoms with E-state index in [1.807, 2.05) is 30.3 Å². The van der Waals surface area contributed by atoms with E-state index in [4.69, 9.17) is 13.9 Å². The first-order chi connectivity index (χ1) is 14.0. The van der Waals surface area contributed by atoms with Gasteiger partial charge in [0.1, 0.15) is 5.75 Å². The number of aromatic nitrogens is 2. The van der Waals surface area contributed by atoms with Crippen molar-refractivity contribution in [2.75, 3.05) is 6.61 Å². The topological polar surface area (TPSA) is 91.5 Å². The smallest absolute Gasteiger partial charge is 0.306 e. The average molecular weight is 394 g/mol. The molecule has 1 heterocycles. The van der Waals surface area contributed by atoms with Crippen LogP contribution in [0.2, 0.25) is 0 Å². The lowest BCUT2D eigenvalue weighted by Gasteiger charge is -2.10. The molecular weight excluding hydrogens is 372 g/mol. The second-order valence-corrected chi connectivity index (χ2v) is 6.48. The van der Waals surface area contributed by atoms with Gasteiger partial charge in [0.25, 0.3) is 5.89 Å². The zero-order valence-electron chi connectivity index (χ0n) is 16.3. The van der Waals surface area contributed by atoms with Crippen LogP contribution in [0.5, 0.6) is 5.75 Å². The van der Waals surface area contributed by atoms with E-state index in [2.05, 4.69) is 10.2 Å². The van der Waals surface area contributed by atoms with Gasteiger partial charge in [0.15, 0.2) is 11.9 Å². The van der Waals surface area contributed by atoms with Gasteiger partial charge in [-0.25, -0.2) is 0 Å². The van der Waals surface area contributed by atoms with E-state index < -0.39 is 6.10 Å². The summed E-state index contributed by atoms with van der Waals surface area (Å²) in [6.45, 7) is 3.56. The first kappa shape index (κ1) is 20.3. The third kappa shape index (κ3) is 5.75. The lowest BCUT2D eigenvalue weighted by atomic mass is 10.1. The molecule has 3 aromatic rings. The maximum absolute atomic E-state index is 12.0. The van der Waals surface area contributed by atoms with Crippen LogP contribution < -0.4 is 4.74 Å². The van der Waals surface area contributed by atoms with Gasteiger partial charge >= 0.3 is 5.97 Å². The van der Waals surface area contributed by atoms with Crippen LogP contribution in [0, 0.1) is 0 Å². The van der Waals surface area contributed by atoms with Gasteiger partial charge in [0.05, 0.1) is 6.61 Å². The average Bonchev–Trinajstić information content (AvgIpc) is 3.23. The van der Waals surface area contributed by atoms with E-state index in [1.165, 1.54) is 6.92 Å². The number of carbonyl (C=O) groups excluding carboxylic acids is 2.